The molecule has 0 spiro atoms. The minimum atomic E-state index is -0.0533. The summed E-state index contributed by atoms with van der Waals surface area (Å²) in [7, 11) is 0. The molecule has 0 aromatic carbocycles. The van der Waals surface area contributed by atoms with Crippen molar-refractivity contribution in [1.82, 2.24) is 5.43 Å². The van der Waals surface area contributed by atoms with Crippen molar-refractivity contribution in [1.29, 1.82) is 0 Å². The van der Waals surface area contributed by atoms with Gasteiger partial charge < -0.3 is 0 Å². The van der Waals surface area contributed by atoms with Crippen LogP contribution in [0.4, 0.5) is 0 Å². The molecule has 0 saturated carbocycles. The van der Waals surface area contributed by atoms with Crippen LogP contribution in [0.15, 0.2) is 17.8 Å². The molecule has 0 bridgehead atoms. The largest absolute Gasteiger partial charge is 0.272 e. The van der Waals surface area contributed by atoms with Gasteiger partial charge in [-0.2, -0.15) is 5.10 Å². The Morgan fingerprint density at radius 2 is 2.50 bits per heavy atom. The van der Waals surface area contributed by atoms with Gasteiger partial charge in [-0.15, -0.1) is 6.58 Å². The van der Waals surface area contributed by atoms with Crippen molar-refractivity contribution >= 4 is 11.6 Å². The Bertz CT molecular complexity index is 221. The van der Waals surface area contributed by atoms with Crippen LogP contribution >= 0.6 is 0 Å². The first-order valence-corrected chi connectivity index (χ1v) is 4.26. The summed E-state index contributed by atoms with van der Waals surface area (Å²) in [6.45, 7) is 5.70. The molecular weight excluding hydrogens is 152 g/mol. The van der Waals surface area contributed by atoms with Crippen LogP contribution in [0.2, 0.25) is 0 Å². The summed E-state index contributed by atoms with van der Waals surface area (Å²) in [6.07, 6.45) is 4.39. The van der Waals surface area contributed by atoms with Crippen LogP contribution in [-0.2, 0) is 4.79 Å². The van der Waals surface area contributed by atoms with E-state index >= 15 is 0 Å². The van der Waals surface area contributed by atoms with Crippen LogP contribution in [0.1, 0.15) is 26.2 Å². The molecule has 1 amide bonds. The highest BCUT2D eigenvalue weighted by molar-refractivity contribution is 6.08. The lowest BCUT2D eigenvalue weighted by atomic mass is 9.97. The second-order valence-electron chi connectivity index (χ2n) is 2.91. The molecule has 1 aliphatic heterocycles. The molecule has 1 atom stereocenters. The molecule has 0 aliphatic carbocycles. The monoisotopic (exact) mass is 166 g/mol. The maximum Gasteiger partial charge on any atom is 0.249 e. The molecule has 0 radical (unpaired) electrons. The number of amides is 1. The van der Waals surface area contributed by atoms with Gasteiger partial charge in [-0.25, -0.2) is 5.43 Å². The SMILES string of the molecule is C=CCC1C(=O)NN=C1CCC. The summed E-state index contributed by atoms with van der Waals surface area (Å²) in [4.78, 5) is 11.2. The van der Waals surface area contributed by atoms with Gasteiger partial charge in [0.15, 0.2) is 0 Å². The fraction of sp³-hybridized carbons (Fsp3) is 0.556. The predicted octanol–water partition coefficient (Wildman–Crippen LogP) is 1.46. The summed E-state index contributed by atoms with van der Waals surface area (Å²) >= 11 is 0. The third-order valence-corrected chi connectivity index (χ3v) is 1.94. The van der Waals surface area contributed by atoms with E-state index in [9.17, 15) is 4.79 Å². The van der Waals surface area contributed by atoms with Crippen LogP contribution < -0.4 is 5.43 Å². The molecule has 0 aromatic heterocycles. The second-order valence-corrected chi connectivity index (χ2v) is 2.91. The number of hydrogen-bond acceptors (Lipinski definition) is 2. The number of nitrogens with zero attached hydrogens (tertiary/aromatic N) is 1. The Hall–Kier alpha value is -1.12. The number of rotatable bonds is 4. The molecule has 0 fully saturated rings. The fourth-order valence-corrected chi connectivity index (χ4v) is 1.33. The van der Waals surface area contributed by atoms with Gasteiger partial charge in [0.25, 0.3) is 0 Å². The molecule has 1 aliphatic rings. The minimum Gasteiger partial charge on any atom is -0.272 e. The smallest absolute Gasteiger partial charge is 0.249 e. The van der Waals surface area contributed by atoms with Crippen molar-refractivity contribution in [3.63, 3.8) is 0 Å². The van der Waals surface area contributed by atoms with Gasteiger partial charge in [0.2, 0.25) is 5.91 Å². The fourth-order valence-electron chi connectivity index (χ4n) is 1.33. The standard InChI is InChI=1S/C9H14N2O/c1-3-5-7-8(6-4-2)10-11-9(7)12/h3,7H,1,4-6H2,2H3,(H,11,12). The van der Waals surface area contributed by atoms with Crippen molar-refractivity contribution in [3.05, 3.63) is 12.7 Å². The highest BCUT2D eigenvalue weighted by Gasteiger charge is 2.27. The van der Waals surface area contributed by atoms with E-state index in [-0.39, 0.29) is 11.8 Å². The lowest BCUT2D eigenvalue weighted by Crippen LogP contribution is -2.22. The third-order valence-electron chi connectivity index (χ3n) is 1.94. The Kier molecular flexibility index (Phi) is 3.02. The topological polar surface area (TPSA) is 41.5 Å². The molecule has 1 unspecified atom stereocenters. The molecule has 1 heterocycles. The van der Waals surface area contributed by atoms with Gasteiger partial charge in [0.1, 0.15) is 0 Å². The quantitative estimate of drug-likeness (QED) is 0.631. The molecule has 0 aromatic rings. The lowest BCUT2D eigenvalue weighted by molar-refractivity contribution is -0.122. The summed E-state index contributed by atoms with van der Waals surface area (Å²) in [5.41, 5.74) is 3.46. The number of hydrazone groups is 1. The molecule has 3 nitrogen and oxygen atoms in total. The number of carbonyl (C=O) groups is 1. The molecular formula is C9H14N2O. The number of hydrogen-bond donors (Lipinski definition) is 1. The van der Waals surface area contributed by atoms with E-state index in [1.165, 1.54) is 0 Å². The first-order valence-electron chi connectivity index (χ1n) is 4.26. The number of carbonyl (C=O) groups excluding carboxylic acids is 1. The van der Waals surface area contributed by atoms with Gasteiger partial charge >= 0.3 is 0 Å². The second kappa shape index (κ2) is 4.04. The normalized spacial score (nSPS) is 21.9. The van der Waals surface area contributed by atoms with E-state index in [1.807, 2.05) is 0 Å². The van der Waals surface area contributed by atoms with Crippen LogP contribution in [0.5, 0.6) is 0 Å². The highest BCUT2D eigenvalue weighted by atomic mass is 16.2. The first kappa shape index (κ1) is 8.97. The van der Waals surface area contributed by atoms with Crippen molar-refractivity contribution < 1.29 is 4.79 Å². The van der Waals surface area contributed by atoms with Crippen molar-refractivity contribution in [3.8, 4) is 0 Å². The Morgan fingerprint density at radius 1 is 1.75 bits per heavy atom. The Labute approximate surface area is 72.5 Å². The third kappa shape index (κ3) is 1.72. The van der Waals surface area contributed by atoms with E-state index in [0.29, 0.717) is 6.42 Å². The van der Waals surface area contributed by atoms with Crippen molar-refractivity contribution in [2.75, 3.05) is 0 Å². The van der Waals surface area contributed by atoms with Crippen LogP contribution in [0.3, 0.4) is 0 Å². The van der Waals surface area contributed by atoms with Crippen LogP contribution in [0, 0.1) is 5.92 Å². The summed E-state index contributed by atoms with van der Waals surface area (Å²) < 4.78 is 0. The maximum absolute atomic E-state index is 11.2. The average molecular weight is 166 g/mol. The zero-order valence-corrected chi connectivity index (χ0v) is 7.34. The zero-order valence-electron chi connectivity index (χ0n) is 7.34. The van der Waals surface area contributed by atoms with Gasteiger partial charge in [-0.1, -0.05) is 19.4 Å². The molecule has 0 saturated heterocycles. The van der Waals surface area contributed by atoms with Gasteiger partial charge in [-0.3, -0.25) is 4.79 Å². The predicted molar refractivity (Wildman–Crippen MR) is 48.8 cm³/mol. The van der Waals surface area contributed by atoms with Gasteiger partial charge in [0, 0.05) is 0 Å². The average Bonchev–Trinajstić information content (AvgIpc) is 2.37. The molecule has 12 heavy (non-hydrogen) atoms. The summed E-state index contributed by atoms with van der Waals surface area (Å²) in [6, 6.07) is 0. The Balaban J connectivity index is 2.60. The lowest BCUT2D eigenvalue weighted by Gasteiger charge is -2.05. The van der Waals surface area contributed by atoms with Crippen molar-refractivity contribution in [2.24, 2.45) is 11.0 Å². The molecule has 3 heteroatoms. The molecule has 66 valence electrons. The van der Waals surface area contributed by atoms with E-state index < -0.39 is 0 Å². The van der Waals surface area contributed by atoms with Gasteiger partial charge in [-0.05, 0) is 12.8 Å². The molecule has 1 N–H and O–H groups in total. The van der Waals surface area contributed by atoms with E-state index in [0.717, 1.165) is 18.6 Å². The summed E-state index contributed by atoms with van der Waals surface area (Å²) in [5, 5.41) is 3.98. The van der Waals surface area contributed by atoms with E-state index in [4.69, 9.17) is 0 Å². The number of nitrogens with one attached hydrogen (secondary N) is 1. The number of allylic oxidation sites excluding steroid dienone is 1. The van der Waals surface area contributed by atoms with E-state index in [2.05, 4.69) is 24.0 Å². The van der Waals surface area contributed by atoms with Crippen LogP contribution in [-0.4, -0.2) is 11.6 Å². The van der Waals surface area contributed by atoms with Crippen molar-refractivity contribution in [2.45, 2.75) is 26.2 Å². The molecule has 1 rings (SSSR count). The first-order chi connectivity index (χ1) is 5.79. The minimum absolute atomic E-state index is 0.0124. The van der Waals surface area contributed by atoms with E-state index in [1.54, 1.807) is 6.08 Å². The zero-order chi connectivity index (χ0) is 8.97. The van der Waals surface area contributed by atoms with Gasteiger partial charge in [0.05, 0.1) is 11.6 Å². The maximum atomic E-state index is 11.2. The summed E-state index contributed by atoms with van der Waals surface area (Å²) in [5.74, 6) is -0.0409. The Morgan fingerprint density at radius 3 is 3.08 bits per heavy atom. The van der Waals surface area contributed by atoms with Crippen LogP contribution in [0.25, 0.3) is 0 Å². The highest BCUT2D eigenvalue weighted by Crippen LogP contribution is 2.15.